The lowest BCUT2D eigenvalue weighted by atomic mass is 10.1. The van der Waals surface area contributed by atoms with E-state index in [-0.39, 0.29) is 0 Å². The maximum atomic E-state index is 10.5. The molecule has 3 heteroatoms. The summed E-state index contributed by atoms with van der Waals surface area (Å²) in [6.45, 7) is 8.65. The number of rotatable bonds is 7. The third kappa shape index (κ3) is 5.16. The summed E-state index contributed by atoms with van der Waals surface area (Å²) in [5.41, 5.74) is 2.10. The van der Waals surface area contributed by atoms with Crippen LogP contribution in [0.4, 0.5) is 5.69 Å². The summed E-state index contributed by atoms with van der Waals surface area (Å²) in [5.74, 6) is -0.248. The molecule has 0 saturated heterocycles. The molecule has 0 spiro atoms. The Hall–Kier alpha value is -1.77. The van der Waals surface area contributed by atoms with Gasteiger partial charge in [-0.3, -0.25) is 0 Å². The van der Waals surface area contributed by atoms with E-state index in [4.69, 9.17) is 5.11 Å². The molecule has 0 heterocycles. The quantitative estimate of drug-likeness (QED) is 0.761. The highest BCUT2D eigenvalue weighted by Gasteiger charge is 2.07. The second kappa shape index (κ2) is 7.62. The van der Waals surface area contributed by atoms with E-state index in [0.29, 0.717) is 5.92 Å². The number of carboxylic acid groups (broad SMARTS) is 1. The van der Waals surface area contributed by atoms with Crippen LogP contribution < -0.4 is 4.90 Å². The Morgan fingerprint density at radius 1 is 1.32 bits per heavy atom. The molecule has 1 aromatic rings. The van der Waals surface area contributed by atoms with Crippen molar-refractivity contribution >= 4 is 17.7 Å². The van der Waals surface area contributed by atoms with Crippen LogP contribution >= 0.6 is 0 Å². The van der Waals surface area contributed by atoms with Crippen LogP contribution in [-0.2, 0) is 4.79 Å². The number of anilines is 1. The number of aliphatic carboxylic acids is 1. The van der Waals surface area contributed by atoms with E-state index >= 15 is 0 Å². The number of hydrogen-bond donors (Lipinski definition) is 1. The van der Waals surface area contributed by atoms with Gasteiger partial charge in [-0.1, -0.05) is 32.4 Å². The summed E-state index contributed by atoms with van der Waals surface area (Å²) in [4.78, 5) is 12.8. The largest absolute Gasteiger partial charge is 0.478 e. The number of carboxylic acids is 1. The minimum atomic E-state index is -0.920. The molecule has 0 aliphatic carbocycles. The maximum absolute atomic E-state index is 10.5. The summed E-state index contributed by atoms with van der Waals surface area (Å²) in [6, 6.07) is 8.00. The zero-order valence-corrected chi connectivity index (χ0v) is 12.0. The molecule has 1 atom stereocenters. The second-order valence-corrected chi connectivity index (χ2v) is 4.82. The van der Waals surface area contributed by atoms with Crippen molar-refractivity contribution in [1.29, 1.82) is 0 Å². The summed E-state index contributed by atoms with van der Waals surface area (Å²) in [5, 5.41) is 8.59. The van der Waals surface area contributed by atoms with E-state index in [1.54, 1.807) is 6.08 Å². The molecule has 19 heavy (non-hydrogen) atoms. The van der Waals surface area contributed by atoms with Crippen molar-refractivity contribution in [2.24, 2.45) is 5.92 Å². The molecular formula is C16H23NO2. The third-order valence-corrected chi connectivity index (χ3v) is 3.29. The Labute approximate surface area is 115 Å². The van der Waals surface area contributed by atoms with Crippen LogP contribution in [0.25, 0.3) is 6.08 Å². The van der Waals surface area contributed by atoms with E-state index < -0.39 is 5.97 Å². The summed E-state index contributed by atoms with van der Waals surface area (Å²) >= 11 is 0. The van der Waals surface area contributed by atoms with Gasteiger partial charge in [-0.2, -0.15) is 0 Å². The Balaban J connectivity index is 2.75. The van der Waals surface area contributed by atoms with Crippen LogP contribution in [-0.4, -0.2) is 24.2 Å². The smallest absolute Gasteiger partial charge is 0.328 e. The van der Waals surface area contributed by atoms with Crippen molar-refractivity contribution in [3.8, 4) is 0 Å². The van der Waals surface area contributed by atoms with Crippen LogP contribution in [0.2, 0.25) is 0 Å². The zero-order valence-electron chi connectivity index (χ0n) is 12.0. The fourth-order valence-corrected chi connectivity index (χ4v) is 1.89. The number of benzene rings is 1. The van der Waals surface area contributed by atoms with Crippen molar-refractivity contribution in [2.45, 2.75) is 27.2 Å². The van der Waals surface area contributed by atoms with Crippen LogP contribution in [0.5, 0.6) is 0 Å². The maximum Gasteiger partial charge on any atom is 0.328 e. The van der Waals surface area contributed by atoms with Crippen molar-refractivity contribution in [3.63, 3.8) is 0 Å². The Kier molecular flexibility index (Phi) is 6.13. The van der Waals surface area contributed by atoms with E-state index in [1.807, 2.05) is 24.3 Å². The van der Waals surface area contributed by atoms with E-state index in [1.165, 1.54) is 12.1 Å². The average Bonchev–Trinajstić information content (AvgIpc) is 2.42. The molecule has 0 aliphatic rings. The van der Waals surface area contributed by atoms with Gasteiger partial charge in [0.1, 0.15) is 0 Å². The van der Waals surface area contributed by atoms with Gasteiger partial charge in [0.25, 0.3) is 0 Å². The fraction of sp³-hybridized carbons (Fsp3) is 0.438. The lowest BCUT2D eigenvalue weighted by Gasteiger charge is -2.26. The van der Waals surface area contributed by atoms with E-state index in [2.05, 4.69) is 25.7 Å². The first-order chi connectivity index (χ1) is 9.06. The molecule has 0 amide bonds. The number of hydrogen-bond acceptors (Lipinski definition) is 2. The minimum absolute atomic E-state index is 0.673. The molecule has 3 nitrogen and oxygen atoms in total. The normalized spacial score (nSPS) is 12.6. The Morgan fingerprint density at radius 3 is 2.42 bits per heavy atom. The molecule has 0 aliphatic heterocycles. The summed E-state index contributed by atoms with van der Waals surface area (Å²) in [6.07, 6.45) is 3.94. The first kappa shape index (κ1) is 15.3. The lowest BCUT2D eigenvalue weighted by molar-refractivity contribution is -0.131. The molecule has 1 unspecified atom stereocenters. The summed E-state index contributed by atoms with van der Waals surface area (Å²) in [7, 11) is 0. The molecular weight excluding hydrogens is 238 g/mol. The van der Waals surface area contributed by atoms with Gasteiger partial charge < -0.3 is 10.0 Å². The minimum Gasteiger partial charge on any atom is -0.478 e. The predicted octanol–water partition coefficient (Wildman–Crippen LogP) is 3.66. The van der Waals surface area contributed by atoms with E-state index in [9.17, 15) is 4.79 Å². The Bertz CT molecular complexity index is 423. The van der Waals surface area contributed by atoms with Crippen molar-refractivity contribution in [3.05, 3.63) is 35.9 Å². The van der Waals surface area contributed by atoms with Crippen molar-refractivity contribution < 1.29 is 9.90 Å². The zero-order chi connectivity index (χ0) is 14.3. The van der Waals surface area contributed by atoms with Crippen LogP contribution in [0.1, 0.15) is 32.8 Å². The van der Waals surface area contributed by atoms with Crippen molar-refractivity contribution in [2.75, 3.05) is 18.0 Å². The SMILES string of the molecule is CCC(C)CN(CC)c1ccc(C=CC(=O)O)cc1. The van der Waals surface area contributed by atoms with Gasteiger partial charge in [-0.25, -0.2) is 4.79 Å². The van der Waals surface area contributed by atoms with Gasteiger partial charge >= 0.3 is 5.97 Å². The molecule has 0 saturated carbocycles. The number of carbonyl (C=O) groups is 1. The van der Waals surface area contributed by atoms with Gasteiger partial charge in [0.15, 0.2) is 0 Å². The van der Waals surface area contributed by atoms with Crippen LogP contribution in [0.15, 0.2) is 30.3 Å². The van der Waals surface area contributed by atoms with E-state index in [0.717, 1.165) is 24.7 Å². The third-order valence-electron chi connectivity index (χ3n) is 3.29. The molecule has 1 rings (SSSR count). The van der Waals surface area contributed by atoms with Crippen LogP contribution in [0, 0.1) is 5.92 Å². The average molecular weight is 261 g/mol. The highest BCUT2D eigenvalue weighted by molar-refractivity contribution is 5.85. The molecule has 0 fully saturated rings. The first-order valence-electron chi connectivity index (χ1n) is 6.82. The van der Waals surface area contributed by atoms with Gasteiger partial charge in [-0.05, 0) is 36.6 Å². The molecule has 1 N–H and O–H groups in total. The van der Waals surface area contributed by atoms with Gasteiger partial charge in [0.05, 0.1) is 0 Å². The molecule has 0 aromatic heterocycles. The molecule has 0 bridgehead atoms. The van der Waals surface area contributed by atoms with Crippen LogP contribution in [0.3, 0.4) is 0 Å². The first-order valence-corrected chi connectivity index (χ1v) is 6.82. The predicted molar refractivity (Wildman–Crippen MR) is 80.5 cm³/mol. The van der Waals surface area contributed by atoms with Crippen molar-refractivity contribution in [1.82, 2.24) is 0 Å². The Morgan fingerprint density at radius 2 is 1.95 bits per heavy atom. The van der Waals surface area contributed by atoms with Gasteiger partial charge in [0, 0.05) is 24.9 Å². The fourth-order valence-electron chi connectivity index (χ4n) is 1.89. The molecule has 0 radical (unpaired) electrons. The monoisotopic (exact) mass is 261 g/mol. The van der Waals surface area contributed by atoms with Gasteiger partial charge in [-0.15, -0.1) is 0 Å². The highest BCUT2D eigenvalue weighted by atomic mass is 16.4. The second-order valence-electron chi connectivity index (χ2n) is 4.82. The van der Waals surface area contributed by atoms with Gasteiger partial charge in [0.2, 0.25) is 0 Å². The standard InChI is InChI=1S/C16H23NO2/c1-4-13(3)12-17(5-2)15-9-6-14(7-10-15)8-11-16(18)19/h6-11,13H,4-5,12H2,1-3H3,(H,18,19). The number of nitrogens with zero attached hydrogens (tertiary/aromatic N) is 1. The molecule has 104 valence electrons. The summed E-state index contributed by atoms with van der Waals surface area (Å²) < 4.78 is 0. The highest BCUT2D eigenvalue weighted by Crippen LogP contribution is 2.18. The lowest BCUT2D eigenvalue weighted by Crippen LogP contribution is -2.27. The molecule has 1 aromatic carbocycles. The topological polar surface area (TPSA) is 40.5 Å².